The second-order valence-corrected chi connectivity index (χ2v) is 7.89. The Kier molecular flexibility index (Phi) is 5.27. The molecule has 0 aliphatic carbocycles. The number of nitrogens with zero attached hydrogens (tertiary/aromatic N) is 3. The summed E-state index contributed by atoms with van der Waals surface area (Å²) < 4.78 is 27.0. The average molecular weight is 353 g/mol. The van der Waals surface area contributed by atoms with Crippen LogP contribution in [0, 0.1) is 11.3 Å². The zero-order valence-electron chi connectivity index (χ0n) is 13.8. The third kappa shape index (κ3) is 4.13. The minimum atomic E-state index is -3.45. The lowest BCUT2D eigenvalue weighted by Gasteiger charge is -2.25. The standard InChI is InChI=1S/C19H19N3O2S/c20-14-16-7-9-17(10-8-16)15-21-18-5-4-6-19(13-18)25(23,24)22-11-2-1-3-12-22/h4-10,13,15H,1-3,11-12H2. The number of benzene rings is 2. The monoisotopic (exact) mass is 353 g/mol. The molecule has 0 bridgehead atoms. The van der Waals surface area contributed by atoms with Gasteiger partial charge in [-0.1, -0.05) is 24.6 Å². The molecule has 0 N–H and O–H groups in total. The first-order chi connectivity index (χ1) is 12.1. The maximum atomic E-state index is 12.7. The fourth-order valence-corrected chi connectivity index (χ4v) is 4.33. The zero-order chi connectivity index (χ0) is 17.7. The minimum Gasteiger partial charge on any atom is -0.256 e. The largest absolute Gasteiger partial charge is 0.256 e. The summed E-state index contributed by atoms with van der Waals surface area (Å²) in [6.07, 6.45) is 4.57. The maximum Gasteiger partial charge on any atom is 0.243 e. The van der Waals surface area contributed by atoms with Gasteiger partial charge in [0.25, 0.3) is 0 Å². The molecule has 2 aromatic carbocycles. The molecule has 0 atom stereocenters. The van der Waals surface area contributed by atoms with Gasteiger partial charge in [0.1, 0.15) is 0 Å². The predicted octanol–water partition coefficient (Wildman–Crippen LogP) is 3.48. The first kappa shape index (κ1) is 17.3. The van der Waals surface area contributed by atoms with Crippen LogP contribution in [-0.4, -0.2) is 32.0 Å². The van der Waals surface area contributed by atoms with Crippen molar-refractivity contribution in [3.8, 4) is 6.07 Å². The van der Waals surface area contributed by atoms with Crippen LogP contribution in [0.4, 0.5) is 5.69 Å². The van der Waals surface area contributed by atoms with Gasteiger partial charge in [-0.2, -0.15) is 9.57 Å². The van der Waals surface area contributed by atoms with Crippen LogP contribution in [-0.2, 0) is 10.0 Å². The Bertz CT molecular complexity index is 906. The van der Waals surface area contributed by atoms with Crippen LogP contribution in [0.1, 0.15) is 30.4 Å². The minimum absolute atomic E-state index is 0.281. The highest BCUT2D eigenvalue weighted by molar-refractivity contribution is 7.89. The molecule has 1 aliphatic rings. The van der Waals surface area contributed by atoms with Crippen molar-refractivity contribution < 1.29 is 8.42 Å². The van der Waals surface area contributed by atoms with Crippen LogP contribution in [0.15, 0.2) is 58.4 Å². The van der Waals surface area contributed by atoms with E-state index in [4.69, 9.17) is 5.26 Å². The van der Waals surface area contributed by atoms with Crippen molar-refractivity contribution in [2.45, 2.75) is 24.2 Å². The molecular weight excluding hydrogens is 334 g/mol. The highest BCUT2D eigenvalue weighted by Gasteiger charge is 2.25. The molecule has 0 spiro atoms. The Morgan fingerprint density at radius 3 is 2.44 bits per heavy atom. The SMILES string of the molecule is N#Cc1ccc(C=Nc2cccc(S(=O)(=O)N3CCCCC3)c2)cc1. The predicted molar refractivity (Wildman–Crippen MR) is 97.5 cm³/mol. The second-order valence-electron chi connectivity index (χ2n) is 5.95. The van der Waals surface area contributed by atoms with Crippen LogP contribution in [0.5, 0.6) is 0 Å². The van der Waals surface area contributed by atoms with Crippen molar-refractivity contribution in [1.82, 2.24) is 4.31 Å². The third-order valence-corrected chi connectivity index (χ3v) is 6.07. The normalized spacial score (nSPS) is 16.0. The fourth-order valence-electron chi connectivity index (χ4n) is 2.77. The lowest BCUT2D eigenvalue weighted by atomic mass is 10.2. The summed E-state index contributed by atoms with van der Waals surface area (Å²) in [5.74, 6) is 0. The molecule has 2 aromatic rings. The number of sulfonamides is 1. The highest BCUT2D eigenvalue weighted by Crippen LogP contribution is 2.24. The van der Waals surface area contributed by atoms with Crippen LogP contribution in [0.2, 0.25) is 0 Å². The molecule has 1 aliphatic heterocycles. The van der Waals surface area contributed by atoms with E-state index in [1.54, 1.807) is 59.1 Å². The third-order valence-electron chi connectivity index (χ3n) is 4.17. The Hall–Kier alpha value is -2.49. The van der Waals surface area contributed by atoms with Crippen molar-refractivity contribution >= 4 is 21.9 Å². The van der Waals surface area contributed by atoms with Gasteiger partial charge >= 0.3 is 0 Å². The van der Waals surface area contributed by atoms with E-state index in [1.807, 2.05) is 0 Å². The maximum absolute atomic E-state index is 12.7. The molecule has 3 rings (SSSR count). The molecule has 25 heavy (non-hydrogen) atoms. The van der Waals surface area contributed by atoms with Gasteiger partial charge in [-0.05, 0) is 48.7 Å². The Morgan fingerprint density at radius 2 is 1.76 bits per heavy atom. The molecule has 0 radical (unpaired) electrons. The molecule has 6 heteroatoms. The molecule has 128 valence electrons. The highest BCUT2D eigenvalue weighted by atomic mass is 32.2. The molecule has 0 saturated carbocycles. The first-order valence-corrected chi connectivity index (χ1v) is 9.68. The van der Waals surface area contributed by atoms with Crippen LogP contribution < -0.4 is 0 Å². The number of hydrogen-bond donors (Lipinski definition) is 0. The Labute approximate surface area is 148 Å². The van der Waals surface area contributed by atoms with Gasteiger partial charge in [-0.15, -0.1) is 0 Å². The summed E-state index contributed by atoms with van der Waals surface area (Å²) >= 11 is 0. The summed E-state index contributed by atoms with van der Waals surface area (Å²) in [6, 6.07) is 15.8. The summed E-state index contributed by atoms with van der Waals surface area (Å²) in [5.41, 5.74) is 2.03. The molecule has 0 amide bonds. The molecule has 5 nitrogen and oxygen atoms in total. The number of piperidine rings is 1. The van der Waals surface area contributed by atoms with Gasteiger partial charge in [-0.25, -0.2) is 8.42 Å². The van der Waals surface area contributed by atoms with E-state index in [1.165, 1.54) is 0 Å². The van der Waals surface area contributed by atoms with E-state index >= 15 is 0 Å². The van der Waals surface area contributed by atoms with Gasteiger partial charge in [-0.3, -0.25) is 4.99 Å². The fraction of sp³-hybridized carbons (Fsp3) is 0.263. The second kappa shape index (κ2) is 7.60. The quantitative estimate of drug-likeness (QED) is 0.790. The molecule has 1 fully saturated rings. The zero-order valence-corrected chi connectivity index (χ0v) is 14.6. The van der Waals surface area contributed by atoms with Crippen LogP contribution in [0.3, 0.4) is 0 Å². The van der Waals surface area contributed by atoms with E-state index in [0.717, 1.165) is 24.8 Å². The van der Waals surface area contributed by atoms with Gasteiger partial charge in [0.2, 0.25) is 10.0 Å². The van der Waals surface area contributed by atoms with Crippen molar-refractivity contribution in [3.05, 3.63) is 59.7 Å². The Balaban J connectivity index is 1.81. The van der Waals surface area contributed by atoms with E-state index in [2.05, 4.69) is 11.1 Å². The smallest absolute Gasteiger partial charge is 0.243 e. The number of aliphatic imine (C=N–C) groups is 1. The van der Waals surface area contributed by atoms with Crippen molar-refractivity contribution in [2.24, 2.45) is 4.99 Å². The summed E-state index contributed by atoms with van der Waals surface area (Å²) in [7, 11) is -3.45. The molecular formula is C19H19N3O2S. The molecule has 1 saturated heterocycles. The van der Waals surface area contributed by atoms with E-state index in [0.29, 0.717) is 24.3 Å². The van der Waals surface area contributed by atoms with Crippen molar-refractivity contribution in [1.29, 1.82) is 5.26 Å². The van der Waals surface area contributed by atoms with Gasteiger partial charge < -0.3 is 0 Å². The van der Waals surface area contributed by atoms with Crippen molar-refractivity contribution in [2.75, 3.05) is 13.1 Å². The number of rotatable bonds is 4. The summed E-state index contributed by atoms with van der Waals surface area (Å²) in [5, 5.41) is 8.81. The number of hydrogen-bond acceptors (Lipinski definition) is 4. The lowest BCUT2D eigenvalue weighted by molar-refractivity contribution is 0.346. The van der Waals surface area contributed by atoms with E-state index in [9.17, 15) is 8.42 Å². The molecule has 0 aromatic heterocycles. The van der Waals surface area contributed by atoms with Crippen molar-refractivity contribution in [3.63, 3.8) is 0 Å². The van der Waals surface area contributed by atoms with Crippen LogP contribution in [0.25, 0.3) is 0 Å². The lowest BCUT2D eigenvalue weighted by Crippen LogP contribution is -2.35. The first-order valence-electron chi connectivity index (χ1n) is 8.24. The topological polar surface area (TPSA) is 73.5 Å². The van der Waals surface area contributed by atoms with Gasteiger partial charge in [0.05, 0.1) is 22.2 Å². The molecule has 0 unspecified atom stereocenters. The van der Waals surface area contributed by atoms with Gasteiger partial charge in [0.15, 0.2) is 0 Å². The van der Waals surface area contributed by atoms with Gasteiger partial charge in [0, 0.05) is 19.3 Å². The van der Waals surface area contributed by atoms with E-state index < -0.39 is 10.0 Å². The summed E-state index contributed by atoms with van der Waals surface area (Å²) in [6.45, 7) is 1.17. The van der Waals surface area contributed by atoms with Crippen LogP contribution >= 0.6 is 0 Å². The average Bonchev–Trinajstić information content (AvgIpc) is 2.67. The summed E-state index contributed by atoms with van der Waals surface area (Å²) in [4.78, 5) is 4.64. The number of nitriles is 1. The molecule has 1 heterocycles. The van der Waals surface area contributed by atoms with E-state index in [-0.39, 0.29) is 4.90 Å². The Morgan fingerprint density at radius 1 is 1.04 bits per heavy atom.